The van der Waals surface area contributed by atoms with Crippen molar-refractivity contribution in [3.8, 4) is 0 Å². The van der Waals surface area contributed by atoms with Gasteiger partial charge in [-0.25, -0.2) is 4.79 Å². The van der Waals surface area contributed by atoms with Crippen LogP contribution in [0.5, 0.6) is 0 Å². The molecule has 2 saturated heterocycles. The molecule has 1 aromatic rings. The summed E-state index contributed by atoms with van der Waals surface area (Å²) < 4.78 is 5.97. The Labute approximate surface area is 276 Å². The first-order chi connectivity index (χ1) is 21.8. The molecule has 46 heavy (non-hydrogen) atoms. The second-order valence-corrected chi connectivity index (χ2v) is 14.4. The van der Waals surface area contributed by atoms with Gasteiger partial charge >= 0.3 is 5.97 Å². The molecule has 0 aromatic heterocycles. The topological polar surface area (TPSA) is 99.3 Å². The predicted octanol–water partition coefficient (Wildman–Crippen LogP) is 5.04. The van der Waals surface area contributed by atoms with Gasteiger partial charge in [-0.05, 0) is 88.8 Å². The van der Waals surface area contributed by atoms with Crippen LogP contribution in [-0.4, -0.2) is 88.7 Å². The summed E-state index contributed by atoms with van der Waals surface area (Å²) in [5, 5.41) is 3.10. The first-order valence-electron chi connectivity index (χ1n) is 17.4. The molecule has 1 N–H and O–H groups in total. The summed E-state index contributed by atoms with van der Waals surface area (Å²) in [7, 11) is 1.75. The fraction of sp³-hybridized carbons (Fsp3) is 0.676. The van der Waals surface area contributed by atoms with Crippen LogP contribution in [0.15, 0.2) is 35.9 Å². The number of nitrogens with one attached hydrogen (secondary N) is 1. The zero-order chi connectivity index (χ0) is 33.7. The zero-order valence-electron chi connectivity index (χ0n) is 29.3. The highest BCUT2D eigenvalue weighted by Crippen LogP contribution is 2.35. The van der Waals surface area contributed by atoms with Crippen LogP contribution in [0.4, 0.5) is 0 Å². The number of carbonyl (C=O) groups excluding carboxylic acids is 4. The molecular weight excluding hydrogens is 580 g/mol. The van der Waals surface area contributed by atoms with Crippen LogP contribution in [0.1, 0.15) is 104 Å². The predicted molar refractivity (Wildman–Crippen MR) is 180 cm³/mol. The van der Waals surface area contributed by atoms with Crippen LogP contribution < -0.4 is 5.32 Å². The van der Waals surface area contributed by atoms with Crippen molar-refractivity contribution in [3.05, 3.63) is 47.0 Å². The normalized spacial score (nSPS) is 23.4. The van der Waals surface area contributed by atoms with Crippen molar-refractivity contribution in [1.82, 2.24) is 20.0 Å². The van der Waals surface area contributed by atoms with Crippen LogP contribution in [0, 0.1) is 11.8 Å². The minimum atomic E-state index is -0.683. The summed E-state index contributed by atoms with van der Waals surface area (Å²) in [6, 6.07) is 6.39. The highest BCUT2D eigenvalue weighted by molar-refractivity contribution is 5.96. The van der Waals surface area contributed by atoms with Gasteiger partial charge in [-0.1, -0.05) is 64.5 Å². The summed E-state index contributed by atoms with van der Waals surface area (Å²) >= 11 is 0. The quantitative estimate of drug-likeness (QED) is 0.270. The third-order valence-electron chi connectivity index (χ3n) is 10.1. The number of esters is 1. The van der Waals surface area contributed by atoms with Crippen molar-refractivity contribution < 1.29 is 23.9 Å². The van der Waals surface area contributed by atoms with Gasteiger partial charge < -0.3 is 19.9 Å². The Morgan fingerprint density at radius 1 is 0.913 bits per heavy atom. The molecule has 0 saturated carbocycles. The third kappa shape index (κ3) is 8.01. The molecule has 2 fully saturated rings. The minimum absolute atomic E-state index is 0.0109. The Balaban J connectivity index is 1.44. The van der Waals surface area contributed by atoms with Crippen molar-refractivity contribution in [2.45, 2.75) is 130 Å². The molecule has 5 atom stereocenters. The average Bonchev–Trinajstić information content (AvgIpc) is 3.68. The molecule has 0 spiro atoms. The number of fused-ring (bicyclic) bond motifs is 1. The number of likely N-dealkylation sites (N-methyl/N-ethyl adjacent to an activating group) is 1. The molecule has 1 aromatic carbocycles. The van der Waals surface area contributed by atoms with Crippen LogP contribution >= 0.6 is 0 Å². The molecular formula is C37H56N4O5. The van der Waals surface area contributed by atoms with Gasteiger partial charge in [0.1, 0.15) is 18.2 Å². The van der Waals surface area contributed by atoms with Crippen molar-refractivity contribution in [3.63, 3.8) is 0 Å². The van der Waals surface area contributed by atoms with E-state index < -0.39 is 12.1 Å². The summed E-state index contributed by atoms with van der Waals surface area (Å²) in [5.41, 5.74) is 2.76. The van der Waals surface area contributed by atoms with Gasteiger partial charge in [0.05, 0.1) is 12.1 Å². The number of amides is 3. The van der Waals surface area contributed by atoms with Crippen LogP contribution in [0.2, 0.25) is 0 Å². The van der Waals surface area contributed by atoms with Gasteiger partial charge in [0, 0.05) is 25.2 Å². The number of ether oxygens (including phenoxy) is 1. The van der Waals surface area contributed by atoms with Gasteiger partial charge in [-0.15, -0.1) is 0 Å². The first kappa shape index (κ1) is 35.7. The Morgan fingerprint density at radius 3 is 2.28 bits per heavy atom. The van der Waals surface area contributed by atoms with Crippen LogP contribution in [0.25, 0.3) is 0 Å². The maximum absolute atomic E-state index is 14.0. The summed E-state index contributed by atoms with van der Waals surface area (Å²) in [6.07, 6.45) is 7.38. The smallest absolute Gasteiger partial charge is 0.329 e. The highest BCUT2D eigenvalue weighted by Gasteiger charge is 2.39. The Kier molecular flexibility index (Phi) is 12.1. The molecule has 2 aliphatic heterocycles. The fourth-order valence-corrected chi connectivity index (χ4v) is 7.40. The molecule has 2 heterocycles. The Hall–Kier alpha value is -3.20. The molecule has 3 aliphatic rings. The lowest BCUT2D eigenvalue weighted by Gasteiger charge is -2.39. The molecule has 5 unspecified atom stereocenters. The van der Waals surface area contributed by atoms with Gasteiger partial charge in [-0.3, -0.25) is 19.3 Å². The van der Waals surface area contributed by atoms with E-state index in [0.29, 0.717) is 18.5 Å². The van der Waals surface area contributed by atoms with E-state index in [-0.39, 0.29) is 59.8 Å². The summed E-state index contributed by atoms with van der Waals surface area (Å²) in [4.78, 5) is 60.1. The molecule has 254 valence electrons. The maximum atomic E-state index is 14.0. The molecule has 9 nitrogen and oxygen atoms in total. The maximum Gasteiger partial charge on any atom is 0.329 e. The van der Waals surface area contributed by atoms with Crippen LogP contribution in [-0.2, 0) is 30.3 Å². The third-order valence-corrected chi connectivity index (χ3v) is 10.1. The van der Waals surface area contributed by atoms with Crippen LogP contribution in [0.3, 0.4) is 0 Å². The van der Waals surface area contributed by atoms with E-state index in [1.54, 1.807) is 23.8 Å². The first-order valence-corrected chi connectivity index (χ1v) is 17.4. The van der Waals surface area contributed by atoms with E-state index in [1.807, 2.05) is 52.0 Å². The lowest BCUT2D eigenvalue weighted by Crippen LogP contribution is -2.58. The minimum Gasteiger partial charge on any atom is -0.456 e. The number of nitrogens with zero attached hydrogens (tertiary/aromatic N) is 3. The van der Waals surface area contributed by atoms with E-state index in [2.05, 4.69) is 30.1 Å². The largest absolute Gasteiger partial charge is 0.456 e. The van der Waals surface area contributed by atoms with Crippen molar-refractivity contribution in [1.29, 1.82) is 0 Å². The van der Waals surface area contributed by atoms with Crippen molar-refractivity contribution >= 4 is 23.7 Å². The van der Waals surface area contributed by atoms with E-state index in [9.17, 15) is 19.2 Å². The number of carbonyl (C=O) groups is 4. The van der Waals surface area contributed by atoms with Gasteiger partial charge in [0.25, 0.3) is 0 Å². The summed E-state index contributed by atoms with van der Waals surface area (Å²) in [5.74, 6) is -0.931. The Bertz CT molecular complexity index is 1290. The molecule has 3 amide bonds. The number of aryl methyl sites for hydroxylation is 1. The number of rotatable bonds is 11. The molecule has 1 aliphatic carbocycles. The van der Waals surface area contributed by atoms with E-state index in [1.165, 1.54) is 5.56 Å². The van der Waals surface area contributed by atoms with E-state index in [0.717, 1.165) is 50.6 Å². The number of hydrogen-bond donors (Lipinski definition) is 1. The molecule has 0 radical (unpaired) electrons. The number of benzene rings is 1. The molecule has 0 bridgehead atoms. The second kappa shape index (κ2) is 15.6. The van der Waals surface area contributed by atoms with E-state index >= 15 is 0 Å². The standard InChI is InChI=1S/C37H56N4O5/c1-23(2)31(39(8)36(44)33(24(3)4)38-34(42)29-16-11-12-20-40(29)25(5)6)22-26(7)35(43)41-21-13-17-30(41)37(45)46-32-19-18-27-14-9-10-15-28(27)32/h9-10,14-15,22-25,29-33H,11-13,16-21H2,1-8H3,(H,38,42)/b26-22+. The van der Waals surface area contributed by atoms with Gasteiger partial charge in [-0.2, -0.15) is 0 Å². The number of hydrogen-bond acceptors (Lipinski definition) is 6. The van der Waals surface area contributed by atoms with E-state index in [4.69, 9.17) is 4.74 Å². The van der Waals surface area contributed by atoms with Gasteiger partial charge in [0.15, 0.2) is 0 Å². The Morgan fingerprint density at radius 2 is 1.61 bits per heavy atom. The fourth-order valence-electron chi connectivity index (χ4n) is 7.40. The zero-order valence-corrected chi connectivity index (χ0v) is 29.3. The van der Waals surface area contributed by atoms with Gasteiger partial charge in [0.2, 0.25) is 17.7 Å². The average molecular weight is 637 g/mol. The molecule has 4 rings (SSSR count). The lowest BCUT2D eigenvalue weighted by atomic mass is 9.95. The number of piperidine rings is 1. The SMILES string of the molecule is C/C(=C\C(C(C)C)N(C)C(=O)C(NC(=O)C1CCCCN1C(C)C)C(C)C)C(=O)N1CCCC1C(=O)OC1CCc2ccccc21. The highest BCUT2D eigenvalue weighted by atomic mass is 16.5. The summed E-state index contributed by atoms with van der Waals surface area (Å²) in [6.45, 7) is 15.3. The molecule has 9 heteroatoms. The monoisotopic (exact) mass is 636 g/mol. The lowest BCUT2D eigenvalue weighted by molar-refractivity contribution is -0.157. The van der Waals surface area contributed by atoms with Crippen molar-refractivity contribution in [2.75, 3.05) is 20.1 Å². The number of likely N-dealkylation sites (tertiary alicyclic amines) is 2. The van der Waals surface area contributed by atoms with Crippen molar-refractivity contribution in [2.24, 2.45) is 11.8 Å². The second-order valence-electron chi connectivity index (χ2n) is 14.4.